The zero-order chi connectivity index (χ0) is 15.0. The number of benzene rings is 2. The number of fused-ring (bicyclic) bond motifs is 1. The Labute approximate surface area is 122 Å². The Morgan fingerprint density at radius 2 is 1.71 bits per heavy atom. The van der Waals surface area contributed by atoms with Gasteiger partial charge in [0.05, 0.1) is 6.04 Å². The number of ether oxygens (including phenoxy) is 1. The molecule has 0 spiro atoms. The molecule has 3 rings (SSSR count). The molecule has 0 bridgehead atoms. The Kier molecular flexibility index (Phi) is 3.32. The minimum absolute atomic E-state index is 0.0880. The van der Waals surface area contributed by atoms with Crippen LogP contribution in [0.4, 0.5) is 14.5 Å². The second-order valence-electron chi connectivity index (χ2n) is 5.90. The van der Waals surface area contributed by atoms with Gasteiger partial charge in [-0.05, 0) is 32.0 Å². The first kappa shape index (κ1) is 13.9. The van der Waals surface area contributed by atoms with Crippen molar-refractivity contribution in [1.82, 2.24) is 0 Å². The minimum atomic E-state index is -0.586. The average molecular weight is 289 g/mol. The van der Waals surface area contributed by atoms with E-state index in [1.165, 1.54) is 18.2 Å². The molecule has 110 valence electrons. The maximum absolute atomic E-state index is 13.8. The summed E-state index contributed by atoms with van der Waals surface area (Å²) in [7, 11) is 0. The molecular weight excluding hydrogens is 272 g/mol. The van der Waals surface area contributed by atoms with Crippen molar-refractivity contribution < 1.29 is 13.5 Å². The van der Waals surface area contributed by atoms with Crippen LogP contribution in [0.15, 0.2) is 42.5 Å². The van der Waals surface area contributed by atoms with Gasteiger partial charge in [-0.3, -0.25) is 0 Å². The van der Waals surface area contributed by atoms with E-state index in [0.29, 0.717) is 6.42 Å². The molecule has 0 amide bonds. The summed E-state index contributed by atoms with van der Waals surface area (Å²) in [6.07, 6.45) is 0.623. The molecule has 1 N–H and O–H groups in total. The van der Waals surface area contributed by atoms with Crippen molar-refractivity contribution >= 4 is 5.69 Å². The predicted octanol–water partition coefficient (Wildman–Crippen LogP) is 4.68. The highest BCUT2D eigenvalue weighted by Gasteiger charge is 2.34. The van der Waals surface area contributed by atoms with Crippen LogP contribution >= 0.6 is 0 Å². The Hall–Kier alpha value is -2.10. The lowest BCUT2D eigenvalue weighted by Crippen LogP contribution is -2.37. The molecule has 0 saturated heterocycles. The van der Waals surface area contributed by atoms with Gasteiger partial charge in [0.25, 0.3) is 0 Å². The van der Waals surface area contributed by atoms with Crippen molar-refractivity contribution in [3.8, 4) is 5.75 Å². The van der Waals surface area contributed by atoms with Crippen molar-refractivity contribution in [1.29, 1.82) is 0 Å². The van der Waals surface area contributed by atoms with Crippen molar-refractivity contribution in [2.24, 2.45) is 0 Å². The molecule has 0 saturated carbocycles. The van der Waals surface area contributed by atoms with Crippen molar-refractivity contribution in [3.63, 3.8) is 0 Å². The molecule has 0 radical (unpaired) electrons. The number of anilines is 1. The zero-order valence-corrected chi connectivity index (χ0v) is 12.0. The largest absolute Gasteiger partial charge is 0.487 e. The lowest BCUT2D eigenvalue weighted by atomic mass is 9.89. The molecule has 1 aliphatic rings. The lowest BCUT2D eigenvalue weighted by molar-refractivity contribution is 0.0758. The van der Waals surface area contributed by atoms with Crippen LogP contribution in [0.2, 0.25) is 0 Å². The summed E-state index contributed by atoms with van der Waals surface area (Å²) in [6, 6.07) is 11.2. The summed E-state index contributed by atoms with van der Waals surface area (Å²) in [4.78, 5) is 0. The molecule has 0 fully saturated rings. The van der Waals surface area contributed by atoms with Gasteiger partial charge >= 0.3 is 0 Å². The van der Waals surface area contributed by atoms with Crippen molar-refractivity contribution in [2.75, 3.05) is 5.32 Å². The highest BCUT2D eigenvalue weighted by atomic mass is 19.1. The number of hydrogen-bond donors (Lipinski definition) is 1. The van der Waals surface area contributed by atoms with Crippen molar-refractivity contribution in [2.45, 2.75) is 31.9 Å². The number of hydrogen-bond acceptors (Lipinski definition) is 2. The Morgan fingerprint density at radius 1 is 1.05 bits per heavy atom. The van der Waals surface area contributed by atoms with Crippen LogP contribution in [0.3, 0.4) is 0 Å². The van der Waals surface area contributed by atoms with Gasteiger partial charge in [-0.25, -0.2) is 8.78 Å². The van der Waals surface area contributed by atoms with Crippen LogP contribution in [-0.4, -0.2) is 5.60 Å². The van der Waals surface area contributed by atoms with E-state index in [-0.39, 0.29) is 11.7 Å². The summed E-state index contributed by atoms with van der Waals surface area (Å²) < 4.78 is 33.6. The van der Waals surface area contributed by atoms with Crippen LogP contribution in [0.5, 0.6) is 5.75 Å². The van der Waals surface area contributed by atoms with E-state index >= 15 is 0 Å². The first-order valence-corrected chi connectivity index (χ1v) is 6.95. The number of para-hydroxylation sites is 2. The second kappa shape index (κ2) is 5.02. The van der Waals surface area contributed by atoms with Gasteiger partial charge in [0, 0.05) is 12.0 Å². The maximum atomic E-state index is 13.8. The fraction of sp³-hybridized carbons (Fsp3) is 0.294. The molecule has 1 heterocycles. The fourth-order valence-electron chi connectivity index (χ4n) is 2.74. The fourth-order valence-corrected chi connectivity index (χ4v) is 2.74. The van der Waals surface area contributed by atoms with Crippen LogP contribution in [0.1, 0.15) is 31.9 Å². The third-order valence-corrected chi connectivity index (χ3v) is 3.66. The van der Waals surface area contributed by atoms with E-state index in [1.807, 2.05) is 38.1 Å². The Balaban J connectivity index is 1.99. The molecule has 2 aromatic carbocycles. The van der Waals surface area contributed by atoms with Crippen LogP contribution < -0.4 is 10.1 Å². The summed E-state index contributed by atoms with van der Waals surface area (Å²) in [5, 5.41) is 3.00. The van der Waals surface area contributed by atoms with E-state index in [2.05, 4.69) is 5.32 Å². The summed E-state index contributed by atoms with van der Waals surface area (Å²) in [5.74, 6) is -0.420. The number of halogens is 2. The molecule has 21 heavy (non-hydrogen) atoms. The third kappa shape index (κ3) is 2.71. The molecule has 1 unspecified atom stereocenters. The molecule has 2 nitrogen and oxygen atoms in total. The van der Waals surface area contributed by atoms with Gasteiger partial charge in [0.15, 0.2) is 0 Å². The minimum Gasteiger partial charge on any atom is -0.487 e. The van der Waals surface area contributed by atoms with Gasteiger partial charge in [0.2, 0.25) is 0 Å². The molecule has 1 aliphatic heterocycles. The van der Waals surface area contributed by atoms with Gasteiger partial charge in [-0.2, -0.15) is 0 Å². The van der Waals surface area contributed by atoms with Crippen LogP contribution in [0, 0.1) is 11.6 Å². The summed E-state index contributed by atoms with van der Waals surface area (Å²) >= 11 is 0. The van der Waals surface area contributed by atoms with E-state index in [0.717, 1.165) is 11.3 Å². The number of nitrogens with one attached hydrogen (secondary N) is 1. The van der Waals surface area contributed by atoms with Gasteiger partial charge in [-0.1, -0.05) is 24.3 Å². The average Bonchev–Trinajstić information content (AvgIpc) is 2.41. The molecular formula is C17H17F2NO. The van der Waals surface area contributed by atoms with E-state index in [9.17, 15) is 8.78 Å². The Morgan fingerprint density at radius 3 is 2.43 bits per heavy atom. The van der Waals surface area contributed by atoms with Crippen molar-refractivity contribution in [3.05, 3.63) is 59.7 Å². The smallest absolute Gasteiger partial charge is 0.149 e. The first-order chi connectivity index (χ1) is 9.96. The monoisotopic (exact) mass is 289 g/mol. The standard InChI is InChI=1S/C17H17F2NO/c1-17(2)10-14(11-6-3-4-9-15(11)21-17)20-16-12(18)7-5-8-13(16)19/h3-9,14,20H,10H2,1-2H3. The molecule has 0 aliphatic carbocycles. The SMILES string of the molecule is CC1(C)CC(Nc2c(F)cccc2F)c2ccccc2O1. The highest BCUT2D eigenvalue weighted by molar-refractivity contribution is 5.51. The Bertz CT molecular complexity index is 649. The van der Waals surface area contributed by atoms with Gasteiger partial charge in [-0.15, -0.1) is 0 Å². The molecule has 1 atom stereocenters. The van der Waals surface area contributed by atoms with Gasteiger partial charge in [0.1, 0.15) is 28.7 Å². The van der Waals surface area contributed by atoms with Gasteiger partial charge < -0.3 is 10.1 Å². The number of rotatable bonds is 2. The maximum Gasteiger partial charge on any atom is 0.149 e. The second-order valence-corrected chi connectivity index (χ2v) is 5.90. The predicted molar refractivity (Wildman–Crippen MR) is 78.5 cm³/mol. The van der Waals surface area contributed by atoms with Crippen LogP contribution in [0.25, 0.3) is 0 Å². The quantitative estimate of drug-likeness (QED) is 0.866. The summed E-state index contributed by atoms with van der Waals surface area (Å²) in [5.41, 5.74) is 0.433. The third-order valence-electron chi connectivity index (χ3n) is 3.66. The summed E-state index contributed by atoms with van der Waals surface area (Å²) in [6.45, 7) is 3.94. The first-order valence-electron chi connectivity index (χ1n) is 6.95. The molecule has 2 aromatic rings. The molecule has 4 heteroatoms. The topological polar surface area (TPSA) is 21.3 Å². The lowest BCUT2D eigenvalue weighted by Gasteiger charge is -2.38. The van der Waals surface area contributed by atoms with Crippen LogP contribution in [-0.2, 0) is 0 Å². The highest BCUT2D eigenvalue weighted by Crippen LogP contribution is 2.41. The zero-order valence-electron chi connectivity index (χ0n) is 12.0. The van der Waals surface area contributed by atoms with E-state index in [4.69, 9.17) is 4.74 Å². The van der Waals surface area contributed by atoms with E-state index < -0.39 is 17.2 Å². The van der Waals surface area contributed by atoms with E-state index in [1.54, 1.807) is 0 Å². The molecule has 0 aromatic heterocycles. The normalized spacial score (nSPS) is 19.5.